The summed E-state index contributed by atoms with van der Waals surface area (Å²) in [4.78, 5) is 30.9. The number of aromatic nitrogens is 2. The van der Waals surface area contributed by atoms with E-state index in [1.807, 2.05) is 24.3 Å². The van der Waals surface area contributed by atoms with Gasteiger partial charge < -0.3 is 9.72 Å². The van der Waals surface area contributed by atoms with Crippen LogP contribution in [0.1, 0.15) is 35.1 Å². The first-order valence-corrected chi connectivity index (χ1v) is 8.60. The fourth-order valence-corrected chi connectivity index (χ4v) is 3.05. The average Bonchev–Trinajstić information content (AvgIpc) is 2.97. The maximum absolute atomic E-state index is 11.9. The molecule has 1 aliphatic rings. The Morgan fingerprint density at radius 1 is 1.27 bits per heavy atom. The molecule has 0 radical (unpaired) electrons. The van der Waals surface area contributed by atoms with Crippen molar-refractivity contribution in [3.63, 3.8) is 0 Å². The molecular formula is C18H21Cl2N3O3. The van der Waals surface area contributed by atoms with Gasteiger partial charge in [0.05, 0.1) is 12.3 Å². The Kier molecular flexibility index (Phi) is 7.08. The van der Waals surface area contributed by atoms with Crippen LogP contribution in [0.2, 0.25) is 5.02 Å². The molecule has 2 aromatic rings. The smallest absolute Gasteiger partial charge is 0.356 e. The van der Waals surface area contributed by atoms with Gasteiger partial charge in [0.1, 0.15) is 5.69 Å². The molecule has 0 fully saturated rings. The molecule has 0 bridgehead atoms. The minimum absolute atomic E-state index is 0. The van der Waals surface area contributed by atoms with Crippen LogP contribution in [-0.2, 0) is 11.3 Å². The van der Waals surface area contributed by atoms with E-state index in [0.29, 0.717) is 12.2 Å². The number of aromatic amines is 2. The predicted octanol–water partition coefficient (Wildman–Crippen LogP) is 3.24. The molecule has 0 saturated carbocycles. The van der Waals surface area contributed by atoms with Crippen molar-refractivity contribution in [2.45, 2.75) is 19.9 Å². The molecule has 140 valence electrons. The Labute approximate surface area is 162 Å². The molecule has 0 unspecified atom stereocenters. The van der Waals surface area contributed by atoms with Crippen molar-refractivity contribution in [3.8, 4) is 0 Å². The van der Waals surface area contributed by atoms with Crippen LogP contribution in [-0.4, -0.2) is 40.5 Å². The van der Waals surface area contributed by atoms with Gasteiger partial charge in [0.25, 0.3) is 0 Å². The molecular weight excluding hydrogens is 377 g/mol. The Morgan fingerprint density at radius 3 is 2.62 bits per heavy atom. The van der Waals surface area contributed by atoms with Crippen LogP contribution in [0.4, 0.5) is 0 Å². The molecule has 1 aliphatic heterocycles. The Bertz CT molecular complexity index is 840. The van der Waals surface area contributed by atoms with Crippen molar-refractivity contribution < 1.29 is 9.53 Å². The summed E-state index contributed by atoms with van der Waals surface area (Å²) in [6, 6.07) is 7.82. The second kappa shape index (κ2) is 9.07. The Hall–Kier alpha value is -2.02. The number of benzene rings is 1. The van der Waals surface area contributed by atoms with Crippen molar-refractivity contribution >= 4 is 35.6 Å². The lowest BCUT2D eigenvalue weighted by atomic mass is 9.99. The zero-order valence-electron chi connectivity index (χ0n) is 14.4. The van der Waals surface area contributed by atoms with Crippen LogP contribution < -0.4 is 5.69 Å². The van der Waals surface area contributed by atoms with Crippen LogP contribution in [0.15, 0.2) is 35.1 Å². The van der Waals surface area contributed by atoms with Gasteiger partial charge in [0.15, 0.2) is 0 Å². The fraction of sp³-hybridized carbons (Fsp3) is 0.333. The first-order chi connectivity index (χ1) is 12.1. The topological polar surface area (TPSA) is 78.2 Å². The number of carbonyl (C=O) groups excluding carboxylic acids is 1. The minimum atomic E-state index is -0.509. The highest BCUT2D eigenvalue weighted by Gasteiger charge is 2.20. The quantitative estimate of drug-likeness (QED) is 0.758. The van der Waals surface area contributed by atoms with Crippen molar-refractivity contribution in [1.29, 1.82) is 0 Å². The molecule has 0 amide bonds. The van der Waals surface area contributed by atoms with Gasteiger partial charge in [-0.2, -0.15) is 0 Å². The number of carbonyl (C=O) groups is 1. The van der Waals surface area contributed by atoms with E-state index in [4.69, 9.17) is 16.3 Å². The standard InChI is InChI=1S/C18H20ClN3O3.ClH/c1-2-25-17(23)16-15(20-18(24)21-16)11-22-9-7-13(8-10-22)12-3-5-14(19)6-4-12;/h3-7H,2,8-11H2,1H3,(H2,20,21,24);1H. The molecule has 0 atom stereocenters. The summed E-state index contributed by atoms with van der Waals surface area (Å²) in [5.41, 5.74) is 2.82. The number of imidazole rings is 1. The zero-order valence-corrected chi connectivity index (χ0v) is 16.0. The molecule has 2 N–H and O–H groups in total. The molecule has 1 aromatic carbocycles. The second-order valence-corrected chi connectivity index (χ2v) is 6.31. The first kappa shape index (κ1) is 20.3. The van der Waals surface area contributed by atoms with E-state index in [-0.39, 0.29) is 24.7 Å². The molecule has 6 nitrogen and oxygen atoms in total. The predicted molar refractivity (Wildman–Crippen MR) is 104 cm³/mol. The van der Waals surface area contributed by atoms with Gasteiger partial charge in [-0.3, -0.25) is 9.88 Å². The second-order valence-electron chi connectivity index (χ2n) is 5.87. The Balaban J connectivity index is 0.00000243. The van der Waals surface area contributed by atoms with Crippen LogP contribution in [0, 0.1) is 0 Å². The number of hydrogen-bond donors (Lipinski definition) is 2. The maximum Gasteiger partial charge on any atom is 0.356 e. The third-order valence-corrected chi connectivity index (χ3v) is 4.43. The number of halogens is 2. The van der Waals surface area contributed by atoms with Crippen molar-refractivity contribution in [3.05, 3.63) is 62.8 Å². The summed E-state index contributed by atoms with van der Waals surface area (Å²) in [5, 5.41) is 0.727. The molecule has 8 heteroatoms. The minimum Gasteiger partial charge on any atom is -0.461 e. The first-order valence-electron chi connectivity index (χ1n) is 8.22. The maximum atomic E-state index is 11.9. The van der Waals surface area contributed by atoms with Crippen LogP contribution in [0.3, 0.4) is 0 Å². The number of esters is 1. The summed E-state index contributed by atoms with van der Waals surface area (Å²) in [5.74, 6) is -0.509. The molecule has 3 rings (SSSR count). The number of rotatable bonds is 5. The van der Waals surface area contributed by atoms with Crippen molar-refractivity contribution in [2.24, 2.45) is 0 Å². The van der Waals surface area contributed by atoms with Gasteiger partial charge in [0.2, 0.25) is 0 Å². The lowest BCUT2D eigenvalue weighted by Crippen LogP contribution is -2.29. The Morgan fingerprint density at radius 2 is 2.00 bits per heavy atom. The highest BCUT2D eigenvalue weighted by Crippen LogP contribution is 2.24. The fourth-order valence-electron chi connectivity index (χ4n) is 2.92. The van der Waals surface area contributed by atoms with Crippen LogP contribution in [0.25, 0.3) is 5.57 Å². The van der Waals surface area contributed by atoms with E-state index in [9.17, 15) is 9.59 Å². The van der Waals surface area contributed by atoms with Crippen molar-refractivity contribution in [1.82, 2.24) is 14.9 Å². The third-order valence-electron chi connectivity index (χ3n) is 4.17. The zero-order chi connectivity index (χ0) is 17.8. The van der Waals surface area contributed by atoms with Gasteiger partial charge >= 0.3 is 11.7 Å². The molecule has 26 heavy (non-hydrogen) atoms. The molecule has 0 spiro atoms. The molecule has 0 saturated heterocycles. The lowest BCUT2D eigenvalue weighted by molar-refractivity contribution is 0.0517. The van der Waals surface area contributed by atoms with E-state index in [1.54, 1.807) is 6.92 Å². The van der Waals surface area contributed by atoms with Crippen molar-refractivity contribution in [2.75, 3.05) is 19.7 Å². The van der Waals surface area contributed by atoms with E-state index in [1.165, 1.54) is 11.1 Å². The molecule has 0 aliphatic carbocycles. The van der Waals surface area contributed by atoms with Gasteiger partial charge in [0, 0.05) is 24.7 Å². The monoisotopic (exact) mass is 397 g/mol. The molecule has 2 heterocycles. The number of ether oxygens (including phenoxy) is 1. The molecule has 1 aromatic heterocycles. The highest BCUT2D eigenvalue weighted by atomic mass is 35.5. The number of hydrogen-bond acceptors (Lipinski definition) is 4. The summed E-state index contributed by atoms with van der Waals surface area (Å²) in [6.45, 7) is 4.06. The van der Waals surface area contributed by atoms with E-state index >= 15 is 0 Å². The van der Waals surface area contributed by atoms with E-state index in [2.05, 4.69) is 20.9 Å². The van der Waals surface area contributed by atoms with Crippen LogP contribution in [0.5, 0.6) is 0 Å². The number of nitrogens with zero attached hydrogens (tertiary/aromatic N) is 1. The lowest BCUT2D eigenvalue weighted by Gasteiger charge is -2.26. The number of nitrogens with one attached hydrogen (secondary N) is 2. The van der Waals surface area contributed by atoms with Gasteiger partial charge in [-0.25, -0.2) is 9.59 Å². The normalized spacial score (nSPS) is 14.5. The average molecular weight is 398 g/mol. The van der Waals surface area contributed by atoms with Crippen LogP contribution >= 0.6 is 24.0 Å². The third kappa shape index (κ3) is 4.78. The van der Waals surface area contributed by atoms with Gasteiger partial charge in [-0.05, 0) is 36.6 Å². The summed E-state index contributed by atoms with van der Waals surface area (Å²) < 4.78 is 4.99. The largest absolute Gasteiger partial charge is 0.461 e. The van der Waals surface area contributed by atoms with E-state index in [0.717, 1.165) is 24.5 Å². The van der Waals surface area contributed by atoms with Gasteiger partial charge in [-0.1, -0.05) is 29.8 Å². The van der Waals surface area contributed by atoms with Gasteiger partial charge in [-0.15, -0.1) is 12.4 Å². The highest BCUT2D eigenvalue weighted by molar-refractivity contribution is 6.30. The SMILES string of the molecule is CCOC(=O)c1[nH]c(=O)[nH]c1CN1CC=C(c2ccc(Cl)cc2)CC1.Cl. The summed E-state index contributed by atoms with van der Waals surface area (Å²) in [7, 11) is 0. The summed E-state index contributed by atoms with van der Waals surface area (Å²) >= 11 is 5.93. The van der Waals surface area contributed by atoms with E-state index < -0.39 is 11.7 Å². The summed E-state index contributed by atoms with van der Waals surface area (Å²) in [6.07, 6.45) is 3.06. The number of H-pyrrole nitrogens is 2.